The quantitative estimate of drug-likeness (QED) is 0.634. The van der Waals surface area contributed by atoms with Crippen molar-refractivity contribution in [2.24, 2.45) is 0 Å². The highest BCUT2D eigenvalue weighted by atomic mass is 16.5. The summed E-state index contributed by atoms with van der Waals surface area (Å²) >= 11 is 0. The van der Waals surface area contributed by atoms with E-state index in [1.54, 1.807) is 29.2 Å². The van der Waals surface area contributed by atoms with Crippen LogP contribution in [0.25, 0.3) is 11.1 Å². The highest BCUT2D eigenvalue weighted by molar-refractivity contribution is 5.93. The number of piperidine rings is 1. The molecule has 0 unspecified atom stereocenters. The van der Waals surface area contributed by atoms with Crippen molar-refractivity contribution in [3.05, 3.63) is 60.0 Å². The normalized spacial score (nSPS) is 14.4. The number of nitrogens with one attached hydrogen (secondary N) is 1. The molecule has 0 radical (unpaired) electrons. The Balaban J connectivity index is 1.26. The van der Waals surface area contributed by atoms with Gasteiger partial charge < -0.3 is 19.4 Å². The van der Waals surface area contributed by atoms with Gasteiger partial charge >= 0.3 is 5.97 Å². The molecule has 0 saturated carbocycles. The van der Waals surface area contributed by atoms with Gasteiger partial charge in [0.2, 0.25) is 5.91 Å². The topological polar surface area (TPSA) is 102 Å². The standard InChI is InChI=1S/C23H23N3O5/c1-15(27)24-18-8-6-17(7-9-18)23(29)30-14-21(28)26-12-10-16(11-13-26)22-25-19-4-2-3-5-20(19)31-22/h2-9,16H,10-14H2,1H3,(H,24,27). The van der Waals surface area contributed by atoms with Gasteiger partial charge in [0.15, 0.2) is 18.1 Å². The van der Waals surface area contributed by atoms with Crippen LogP contribution in [0.1, 0.15) is 41.9 Å². The van der Waals surface area contributed by atoms with Gasteiger partial charge in [0.05, 0.1) is 5.56 Å². The van der Waals surface area contributed by atoms with Crippen molar-refractivity contribution in [1.29, 1.82) is 0 Å². The van der Waals surface area contributed by atoms with Crippen molar-refractivity contribution < 1.29 is 23.5 Å². The summed E-state index contributed by atoms with van der Waals surface area (Å²) < 4.78 is 11.0. The molecule has 0 atom stereocenters. The monoisotopic (exact) mass is 421 g/mol. The molecule has 1 aromatic heterocycles. The first-order chi connectivity index (χ1) is 15.0. The van der Waals surface area contributed by atoms with E-state index in [-0.39, 0.29) is 24.3 Å². The predicted octanol–water partition coefficient (Wildman–Crippen LogP) is 3.35. The van der Waals surface area contributed by atoms with Crippen LogP contribution in [0.3, 0.4) is 0 Å². The fourth-order valence-corrected chi connectivity index (χ4v) is 3.64. The smallest absolute Gasteiger partial charge is 0.338 e. The van der Waals surface area contributed by atoms with E-state index in [1.807, 2.05) is 24.3 Å². The molecule has 0 spiro atoms. The molecular weight excluding hydrogens is 398 g/mol. The van der Waals surface area contributed by atoms with Crippen molar-refractivity contribution in [1.82, 2.24) is 9.88 Å². The molecule has 1 fully saturated rings. The van der Waals surface area contributed by atoms with Crippen molar-refractivity contribution in [2.75, 3.05) is 25.0 Å². The fourth-order valence-electron chi connectivity index (χ4n) is 3.64. The second-order valence-corrected chi connectivity index (χ2v) is 7.51. The minimum Gasteiger partial charge on any atom is -0.452 e. The molecule has 2 aromatic carbocycles. The lowest BCUT2D eigenvalue weighted by atomic mass is 9.97. The van der Waals surface area contributed by atoms with Gasteiger partial charge in [-0.1, -0.05) is 12.1 Å². The Morgan fingerprint density at radius 2 is 1.81 bits per heavy atom. The summed E-state index contributed by atoms with van der Waals surface area (Å²) in [5.41, 5.74) is 2.51. The van der Waals surface area contributed by atoms with E-state index in [0.717, 1.165) is 23.9 Å². The van der Waals surface area contributed by atoms with Gasteiger partial charge in [-0.05, 0) is 49.2 Å². The second kappa shape index (κ2) is 8.99. The highest BCUT2D eigenvalue weighted by Crippen LogP contribution is 2.29. The summed E-state index contributed by atoms with van der Waals surface area (Å²) in [6.07, 6.45) is 1.49. The maximum absolute atomic E-state index is 12.5. The Labute approximate surface area is 179 Å². The molecule has 3 aromatic rings. The lowest BCUT2D eigenvalue weighted by Gasteiger charge is -2.30. The third-order valence-electron chi connectivity index (χ3n) is 5.28. The van der Waals surface area contributed by atoms with Crippen molar-refractivity contribution >= 4 is 34.6 Å². The van der Waals surface area contributed by atoms with Crippen LogP contribution in [0.5, 0.6) is 0 Å². The summed E-state index contributed by atoms with van der Waals surface area (Å²) in [4.78, 5) is 41.9. The van der Waals surface area contributed by atoms with Gasteiger partial charge in [-0.2, -0.15) is 0 Å². The molecule has 2 heterocycles. The average molecular weight is 421 g/mol. The minimum atomic E-state index is -0.580. The number of amides is 2. The first-order valence-corrected chi connectivity index (χ1v) is 10.2. The number of aromatic nitrogens is 1. The zero-order valence-electron chi connectivity index (χ0n) is 17.2. The van der Waals surface area contributed by atoms with Gasteiger partial charge in [-0.15, -0.1) is 0 Å². The molecule has 0 bridgehead atoms. The zero-order valence-corrected chi connectivity index (χ0v) is 17.2. The molecule has 8 nitrogen and oxygen atoms in total. The van der Waals surface area contributed by atoms with Gasteiger partial charge in [0.25, 0.3) is 5.91 Å². The number of fused-ring (bicyclic) bond motifs is 1. The van der Waals surface area contributed by atoms with Crippen molar-refractivity contribution in [3.8, 4) is 0 Å². The van der Waals surface area contributed by atoms with E-state index in [1.165, 1.54) is 6.92 Å². The molecule has 160 valence electrons. The van der Waals surface area contributed by atoms with Crippen molar-refractivity contribution in [2.45, 2.75) is 25.7 Å². The van der Waals surface area contributed by atoms with E-state index in [4.69, 9.17) is 9.15 Å². The molecule has 31 heavy (non-hydrogen) atoms. The number of likely N-dealkylation sites (tertiary alicyclic amines) is 1. The van der Waals surface area contributed by atoms with E-state index >= 15 is 0 Å². The molecule has 2 amide bonds. The number of anilines is 1. The molecule has 1 N–H and O–H groups in total. The molecule has 4 rings (SSSR count). The number of carbonyl (C=O) groups excluding carboxylic acids is 3. The number of ether oxygens (including phenoxy) is 1. The largest absolute Gasteiger partial charge is 0.452 e. The summed E-state index contributed by atoms with van der Waals surface area (Å²) in [6, 6.07) is 14.0. The first kappa shape index (κ1) is 20.6. The highest BCUT2D eigenvalue weighted by Gasteiger charge is 2.27. The summed E-state index contributed by atoms with van der Waals surface area (Å²) in [5.74, 6) is -0.118. The Bertz CT molecular complexity index is 1060. The van der Waals surface area contributed by atoms with Gasteiger partial charge in [0, 0.05) is 31.6 Å². The number of para-hydroxylation sites is 2. The van der Waals surface area contributed by atoms with Crippen LogP contribution in [0.2, 0.25) is 0 Å². The Hall–Kier alpha value is -3.68. The van der Waals surface area contributed by atoms with E-state index in [0.29, 0.717) is 30.2 Å². The lowest BCUT2D eigenvalue weighted by molar-refractivity contribution is -0.135. The number of esters is 1. The van der Waals surface area contributed by atoms with Crippen LogP contribution < -0.4 is 5.32 Å². The zero-order chi connectivity index (χ0) is 21.8. The molecule has 0 aliphatic carbocycles. The van der Waals surface area contributed by atoms with Crippen LogP contribution >= 0.6 is 0 Å². The molecule has 8 heteroatoms. The summed E-state index contributed by atoms with van der Waals surface area (Å²) in [5, 5.41) is 2.62. The maximum atomic E-state index is 12.5. The molecule has 1 saturated heterocycles. The lowest BCUT2D eigenvalue weighted by Crippen LogP contribution is -2.40. The van der Waals surface area contributed by atoms with E-state index < -0.39 is 5.97 Å². The second-order valence-electron chi connectivity index (χ2n) is 7.51. The van der Waals surface area contributed by atoms with Crippen LogP contribution in [0.15, 0.2) is 52.9 Å². The summed E-state index contributed by atoms with van der Waals surface area (Å²) in [7, 11) is 0. The maximum Gasteiger partial charge on any atom is 0.338 e. The fraction of sp³-hybridized carbons (Fsp3) is 0.304. The number of nitrogens with zero attached hydrogens (tertiary/aromatic N) is 2. The third kappa shape index (κ3) is 4.91. The minimum absolute atomic E-state index is 0.168. The Morgan fingerprint density at radius 1 is 1.10 bits per heavy atom. The van der Waals surface area contributed by atoms with Crippen LogP contribution in [-0.2, 0) is 14.3 Å². The van der Waals surface area contributed by atoms with Gasteiger partial charge in [-0.3, -0.25) is 9.59 Å². The Kier molecular flexibility index (Phi) is 5.97. The average Bonchev–Trinajstić information content (AvgIpc) is 3.22. The van der Waals surface area contributed by atoms with Gasteiger partial charge in [0.1, 0.15) is 5.52 Å². The third-order valence-corrected chi connectivity index (χ3v) is 5.28. The number of hydrogen-bond acceptors (Lipinski definition) is 6. The van der Waals surface area contributed by atoms with Crippen LogP contribution in [0.4, 0.5) is 5.69 Å². The van der Waals surface area contributed by atoms with Crippen molar-refractivity contribution in [3.63, 3.8) is 0 Å². The van der Waals surface area contributed by atoms with E-state index in [9.17, 15) is 14.4 Å². The number of oxazole rings is 1. The van der Waals surface area contributed by atoms with Gasteiger partial charge in [-0.25, -0.2) is 9.78 Å². The van der Waals surface area contributed by atoms with E-state index in [2.05, 4.69) is 10.3 Å². The van der Waals surface area contributed by atoms with Crippen LogP contribution in [0, 0.1) is 0 Å². The molecule has 1 aliphatic heterocycles. The first-order valence-electron chi connectivity index (χ1n) is 10.2. The Morgan fingerprint density at radius 3 is 2.48 bits per heavy atom. The summed E-state index contributed by atoms with van der Waals surface area (Å²) in [6.45, 7) is 2.22. The molecule has 1 aliphatic rings. The predicted molar refractivity (Wildman–Crippen MR) is 114 cm³/mol. The SMILES string of the molecule is CC(=O)Nc1ccc(C(=O)OCC(=O)N2CCC(c3nc4ccccc4o3)CC2)cc1. The number of hydrogen-bond donors (Lipinski definition) is 1. The van der Waals surface area contributed by atoms with Crippen LogP contribution in [-0.4, -0.2) is 47.4 Å². The molecular formula is C23H23N3O5. The number of carbonyl (C=O) groups is 3. The number of rotatable bonds is 5. The number of benzene rings is 2.